The molecule has 7 nitrogen and oxygen atoms in total. The lowest BCUT2D eigenvalue weighted by atomic mass is 10.1. The Labute approximate surface area is 208 Å². The van der Waals surface area contributed by atoms with E-state index in [2.05, 4.69) is 27.1 Å². The molecule has 0 spiro atoms. The summed E-state index contributed by atoms with van der Waals surface area (Å²) in [6, 6.07) is 21.8. The second-order valence-corrected chi connectivity index (χ2v) is 9.35. The van der Waals surface area contributed by atoms with Crippen molar-refractivity contribution < 1.29 is 9.53 Å². The number of para-hydroxylation sites is 1. The average Bonchev–Trinajstić information content (AvgIpc) is 3.41. The van der Waals surface area contributed by atoms with Crippen LogP contribution in [-0.2, 0) is 25.9 Å². The van der Waals surface area contributed by atoms with E-state index in [-0.39, 0.29) is 6.03 Å². The maximum Gasteiger partial charge on any atom is 0.317 e. The van der Waals surface area contributed by atoms with Gasteiger partial charge in [-0.15, -0.1) is 11.3 Å². The summed E-state index contributed by atoms with van der Waals surface area (Å²) in [7, 11) is 0. The molecule has 4 aromatic rings. The molecule has 2 aromatic carbocycles. The molecule has 0 unspecified atom stereocenters. The van der Waals surface area contributed by atoms with Gasteiger partial charge < -0.3 is 20.3 Å². The molecule has 0 aliphatic carbocycles. The Morgan fingerprint density at radius 2 is 1.94 bits per heavy atom. The zero-order valence-electron chi connectivity index (χ0n) is 19.3. The SMILES string of the molecule is O=C(NCCc1cccs1)N1CCc2nc(NCc3cccc(Oc4ccccc4)c3)ncc2C1. The van der Waals surface area contributed by atoms with Crippen LogP contribution in [-0.4, -0.2) is 34.0 Å². The fraction of sp³-hybridized carbons (Fsp3) is 0.222. The number of nitrogens with one attached hydrogen (secondary N) is 2. The highest BCUT2D eigenvalue weighted by Crippen LogP contribution is 2.23. The molecule has 0 atom stereocenters. The highest BCUT2D eigenvalue weighted by Gasteiger charge is 2.22. The van der Waals surface area contributed by atoms with Crippen molar-refractivity contribution >= 4 is 23.3 Å². The Balaban J connectivity index is 1.13. The van der Waals surface area contributed by atoms with Crippen LogP contribution in [0.2, 0.25) is 0 Å². The first-order chi connectivity index (χ1) is 17.2. The van der Waals surface area contributed by atoms with Crippen molar-refractivity contribution in [2.75, 3.05) is 18.4 Å². The van der Waals surface area contributed by atoms with Gasteiger partial charge in [0.15, 0.2) is 0 Å². The van der Waals surface area contributed by atoms with E-state index < -0.39 is 0 Å². The Bertz CT molecular complexity index is 1260. The number of nitrogens with zero attached hydrogens (tertiary/aromatic N) is 3. The Hall–Kier alpha value is -3.91. The molecule has 35 heavy (non-hydrogen) atoms. The van der Waals surface area contributed by atoms with E-state index >= 15 is 0 Å². The first-order valence-corrected chi connectivity index (χ1v) is 12.6. The van der Waals surface area contributed by atoms with E-state index in [4.69, 9.17) is 9.72 Å². The van der Waals surface area contributed by atoms with E-state index in [9.17, 15) is 4.79 Å². The number of benzene rings is 2. The van der Waals surface area contributed by atoms with Crippen molar-refractivity contribution in [3.8, 4) is 11.5 Å². The van der Waals surface area contributed by atoms with E-state index in [1.807, 2.05) is 71.8 Å². The van der Waals surface area contributed by atoms with Gasteiger partial charge in [-0.25, -0.2) is 14.8 Å². The van der Waals surface area contributed by atoms with Gasteiger partial charge >= 0.3 is 6.03 Å². The van der Waals surface area contributed by atoms with Crippen molar-refractivity contribution in [3.63, 3.8) is 0 Å². The van der Waals surface area contributed by atoms with Crippen molar-refractivity contribution in [1.29, 1.82) is 0 Å². The van der Waals surface area contributed by atoms with Crippen LogP contribution in [0.3, 0.4) is 0 Å². The van der Waals surface area contributed by atoms with Gasteiger partial charge in [0.25, 0.3) is 0 Å². The molecule has 2 N–H and O–H groups in total. The van der Waals surface area contributed by atoms with Crippen LogP contribution in [0.1, 0.15) is 21.7 Å². The second kappa shape index (κ2) is 11.0. The molecule has 1 aliphatic heterocycles. The van der Waals surface area contributed by atoms with E-state index in [0.29, 0.717) is 38.5 Å². The first-order valence-electron chi connectivity index (χ1n) is 11.7. The molecular formula is C27H27N5O2S. The second-order valence-electron chi connectivity index (χ2n) is 8.31. The molecule has 3 heterocycles. The molecule has 2 aromatic heterocycles. The molecule has 1 aliphatic rings. The minimum Gasteiger partial charge on any atom is -0.457 e. The third-order valence-electron chi connectivity index (χ3n) is 5.78. The van der Waals surface area contributed by atoms with Crippen LogP contribution in [0.15, 0.2) is 78.3 Å². The number of ether oxygens (including phenoxy) is 1. The van der Waals surface area contributed by atoms with Gasteiger partial charge in [-0.3, -0.25) is 0 Å². The quantitative estimate of drug-likeness (QED) is 0.356. The number of carbonyl (C=O) groups excluding carboxylic acids is 1. The number of rotatable bonds is 8. The van der Waals surface area contributed by atoms with Gasteiger partial charge in [-0.2, -0.15) is 0 Å². The number of hydrogen-bond acceptors (Lipinski definition) is 6. The fourth-order valence-electron chi connectivity index (χ4n) is 3.96. The summed E-state index contributed by atoms with van der Waals surface area (Å²) in [6.45, 7) is 2.40. The molecular weight excluding hydrogens is 458 g/mol. The maximum absolute atomic E-state index is 12.6. The van der Waals surface area contributed by atoms with Crippen LogP contribution >= 0.6 is 11.3 Å². The van der Waals surface area contributed by atoms with Crippen LogP contribution in [0.25, 0.3) is 0 Å². The standard InChI is InChI=1S/C27H27N5O2S/c33-27(28-13-11-24-10-5-15-35-24)32-14-12-25-21(19-32)18-30-26(31-25)29-17-20-6-4-9-23(16-20)34-22-7-2-1-3-8-22/h1-10,15-16,18H,11-14,17,19H2,(H,28,33)(H,29,30,31). The summed E-state index contributed by atoms with van der Waals surface area (Å²) in [5, 5.41) is 8.38. The van der Waals surface area contributed by atoms with E-state index in [0.717, 1.165) is 34.7 Å². The summed E-state index contributed by atoms with van der Waals surface area (Å²) < 4.78 is 5.92. The van der Waals surface area contributed by atoms with Gasteiger partial charge in [-0.05, 0) is 47.7 Å². The molecule has 178 valence electrons. The fourth-order valence-corrected chi connectivity index (χ4v) is 4.67. The molecule has 0 saturated carbocycles. The van der Waals surface area contributed by atoms with Crippen molar-refractivity contribution in [3.05, 3.63) is 100 Å². The van der Waals surface area contributed by atoms with Crippen molar-refractivity contribution in [2.24, 2.45) is 0 Å². The average molecular weight is 486 g/mol. The number of carbonyl (C=O) groups is 1. The van der Waals surface area contributed by atoms with Crippen molar-refractivity contribution in [1.82, 2.24) is 20.2 Å². The smallest absolute Gasteiger partial charge is 0.317 e. The van der Waals surface area contributed by atoms with Gasteiger partial charge in [0.1, 0.15) is 11.5 Å². The lowest BCUT2D eigenvalue weighted by molar-refractivity contribution is 0.192. The van der Waals surface area contributed by atoms with Gasteiger partial charge in [0.05, 0.1) is 12.2 Å². The minimum atomic E-state index is -0.0352. The lowest BCUT2D eigenvalue weighted by Gasteiger charge is -2.28. The molecule has 0 saturated heterocycles. The summed E-state index contributed by atoms with van der Waals surface area (Å²) in [6.07, 6.45) is 3.39. The van der Waals surface area contributed by atoms with Crippen LogP contribution in [0, 0.1) is 0 Å². The molecule has 0 radical (unpaired) electrons. The number of thiophene rings is 1. The minimum absolute atomic E-state index is 0.0352. The normalized spacial score (nSPS) is 12.6. The number of amides is 2. The maximum atomic E-state index is 12.6. The third-order valence-corrected chi connectivity index (χ3v) is 6.71. The van der Waals surface area contributed by atoms with Gasteiger partial charge in [0, 0.05) is 42.7 Å². The zero-order valence-corrected chi connectivity index (χ0v) is 20.1. The summed E-state index contributed by atoms with van der Waals surface area (Å²) >= 11 is 1.71. The van der Waals surface area contributed by atoms with E-state index in [1.54, 1.807) is 11.3 Å². The van der Waals surface area contributed by atoms with E-state index in [1.165, 1.54) is 4.88 Å². The van der Waals surface area contributed by atoms with Crippen molar-refractivity contribution in [2.45, 2.75) is 25.9 Å². The lowest BCUT2D eigenvalue weighted by Crippen LogP contribution is -2.43. The molecule has 0 bridgehead atoms. The predicted molar refractivity (Wildman–Crippen MR) is 138 cm³/mol. The van der Waals surface area contributed by atoms with Crippen LogP contribution < -0.4 is 15.4 Å². The monoisotopic (exact) mass is 485 g/mol. The topological polar surface area (TPSA) is 79.4 Å². The Morgan fingerprint density at radius 3 is 2.80 bits per heavy atom. The number of aromatic nitrogens is 2. The summed E-state index contributed by atoms with van der Waals surface area (Å²) in [4.78, 5) is 24.8. The number of anilines is 1. The van der Waals surface area contributed by atoms with Crippen LogP contribution in [0.4, 0.5) is 10.7 Å². The number of hydrogen-bond donors (Lipinski definition) is 2. The van der Waals surface area contributed by atoms with Gasteiger partial charge in [-0.1, -0.05) is 36.4 Å². The third kappa shape index (κ3) is 6.16. The predicted octanol–water partition coefficient (Wildman–Crippen LogP) is 5.25. The largest absolute Gasteiger partial charge is 0.457 e. The highest BCUT2D eigenvalue weighted by molar-refractivity contribution is 7.09. The number of fused-ring (bicyclic) bond motifs is 1. The highest BCUT2D eigenvalue weighted by atomic mass is 32.1. The zero-order chi connectivity index (χ0) is 23.9. The molecule has 0 fully saturated rings. The summed E-state index contributed by atoms with van der Waals surface area (Å²) in [5.74, 6) is 2.18. The summed E-state index contributed by atoms with van der Waals surface area (Å²) in [5.41, 5.74) is 3.06. The molecule has 2 amide bonds. The molecule has 5 rings (SSSR count). The number of urea groups is 1. The Morgan fingerprint density at radius 1 is 1.06 bits per heavy atom. The van der Waals surface area contributed by atoms with Gasteiger partial charge in [0.2, 0.25) is 5.95 Å². The Kier molecular flexibility index (Phi) is 7.19. The first kappa shape index (κ1) is 22.9. The van der Waals surface area contributed by atoms with Crippen LogP contribution in [0.5, 0.6) is 11.5 Å². The molecule has 8 heteroatoms.